The zero-order valence-electron chi connectivity index (χ0n) is 14.2. The molecule has 0 aromatic heterocycles. The van der Waals surface area contributed by atoms with Gasteiger partial charge >= 0.3 is 6.03 Å². The van der Waals surface area contributed by atoms with E-state index in [1.54, 1.807) is 17.0 Å². The summed E-state index contributed by atoms with van der Waals surface area (Å²) in [5, 5.41) is 0. The van der Waals surface area contributed by atoms with Crippen molar-refractivity contribution in [3.05, 3.63) is 90.5 Å². The van der Waals surface area contributed by atoms with Crippen LogP contribution in [0.25, 0.3) is 11.1 Å². The Labute approximate surface area is 152 Å². The summed E-state index contributed by atoms with van der Waals surface area (Å²) in [5.41, 5.74) is 3.90. The molecule has 0 unspecified atom stereocenters. The maximum atomic E-state index is 12.6. The number of nitrogens with zero attached hydrogens (tertiary/aromatic N) is 2. The number of carbonyl (C=O) groups excluding carboxylic acids is 2. The van der Waals surface area contributed by atoms with E-state index in [1.165, 1.54) is 4.90 Å². The fraction of sp³-hybridized carbons (Fsp3) is 0.0909. The predicted molar refractivity (Wildman–Crippen MR) is 102 cm³/mol. The van der Waals surface area contributed by atoms with Crippen LogP contribution in [-0.2, 0) is 11.3 Å². The Morgan fingerprint density at radius 2 is 1.27 bits per heavy atom. The molecule has 1 aliphatic heterocycles. The summed E-state index contributed by atoms with van der Waals surface area (Å²) >= 11 is 0. The average molecular weight is 342 g/mol. The molecule has 4 rings (SSSR count). The van der Waals surface area contributed by atoms with Crippen LogP contribution in [-0.4, -0.2) is 23.4 Å². The standard InChI is InChI=1S/C22H18N2O2/c25-21-16-23(22(26)24(21)20-9-5-2-6-10-20)15-17-11-13-19(14-12-17)18-7-3-1-4-8-18/h1-14H,15-16H2. The van der Waals surface area contributed by atoms with Gasteiger partial charge in [-0.15, -0.1) is 0 Å². The van der Waals surface area contributed by atoms with Crippen LogP contribution in [0, 0.1) is 0 Å². The van der Waals surface area contributed by atoms with Gasteiger partial charge in [-0.25, -0.2) is 9.69 Å². The molecule has 1 heterocycles. The number of para-hydroxylation sites is 1. The average Bonchev–Trinajstić information content (AvgIpc) is 2.97. The first kappa shape index (κ1) is 16.1. The molecule has 1 saturated heterocycles. The zero-order valence-corrected chi connectivity index (χ0v) is 14.2. The monoisotopic (exact) mass is 342 g/mol. The fourth-order valence-electron chi connectivity index (χ4n) is 3.16. The van der Waals surface area contributed by atoms with E-state index in [9.17, 15) is 9.59 Å². The lowest BCUT2D eigenvalue weighted by atomic mass is 10.0. The molecule has 0 aliphatic carbocycles. The third kappa shape index (κ3) is 3.09. The summed E-state index contributed by atoms with van der Waals surface area (Å²) in [7, 11) is 0. The molecule has 0 radical (unpaired) electrons. The first-order valence-corrected chi connectivity index (χ1v) is 8.53. The van der Waals surface area contributed by atoms with Gasteiger partial charge in [0.2, 0.25) is 0 Å². The van der Waals surface area contributed by atoms with E-state index in [2.05, 4.69) is 12.1 Å². The molecular weight excluding hydrogens is 324 g/mol. The number of hydrogen-bond acceptors (Lipinski definition) is 2. The van der Waals surface area contributed by atoms with Gasteiger partial charge < -0.3 is 4.90 Å². The number of imide groups is 1. The van der Waals surface area contributed by atoms with Crippen molar-refractivity contribution in [1.82, 2.24) is 4.90 Å². The van der Waals surface area contributed by atoms with Gasteiger partial charge in [-0.2, -0.15) is 0 Å². The van der Waals surface area contributed by atoms with Crippen molar-refractivity contribution in [2.45, 2.75) is 6.54 Å². The molecule has 1 aliphatic rings. The van der Waals surface area contributed by atoms with Gasteiger partial charge in [-0.05, 0) is 28.8 Å². The fourth-order valence-corrected chi connectivity index (χ4v) is 3.16. The highest BCUT2D eigenvalue weighted by Crippen LogP contribution is 2.24. The van der Waals surface area contributed by atoms with Crippen molar-refractivity contribution in [2.24, 2.45) is 0 Å². The molecule has 3 aromatic carbocycles. The van der Waals surface area contributed by atoms with Crippen LogP contribution in [0.4, 0.5) is 10.5 Å². The van der Waals surface area contributed by atoms with Crippen molar-refractivity contribution in [3.8, 4) is 11.1 Å². The molecular formula is C22H18N2O2. The van der Waals surface area contributed by atoms with Gasteiger partial charge in [0.05, 0.1) is 5.69 Å². The number of benzene rings is 3. The summed E-state index contributed by atoms with van der Waals surface area (Å²) in [4.78, 5) is 27.8. The van der Waals surface area contributed by atoms with E-state index in [0.717, 1.165) is 16.7 Å². The third-order valence-corrected chi connectivity index (χ3v) is 4.49. The van der Waals surface area contributed by atoms with E-state index < -0.39 is 0 Å². The summed E-state index contributed by atoms with van der Waals surface area (Å²) in [6.07, 6.45) is 0. The van der Waals surface area contributed by atoms with E-state index >= 15 is 0 Å². The van der Waals surface area contributed by atoms with Gasteiger partial charge in [-0.1, -0.05) is 72.8 Å². The van der Waals surface area contributed by atoms with Crippen molar-refractivity contribution < 1.29 is 9.59 Å². The SMILES string of the molecule is O=C1CN(Cc2ccc(-c3ccccc3)cc2)C(=O)N1c1ccccc1. The molecule has 3 amide bonds. The van der Waals surface area contributed by atoms with Crippen molar-refractivity contribution in [2.75, 3.05) is 11.4 Å². The number of amides is 3. The minimum Gasteiger partial charge on any atom is -0.310 e. The van der Waals surface area contributed by atoms with Gasteiger partial charge in [0, 0.05) is 6.54 Å². The minimum absolute atomic E-state index is 0.105. The van der Waals surface area contributed by atoms with Gasteiger partial charge in [0.1, 0.15) is 6.54 Å². The Bertz CT molecular complexity index is 921. The number of anilines is 1. The third-order valence-electron chi connectivity index (χ3n) is 4.49. The summed E-state index contributed by atoms with van der Waals surface area (Å²) < 4.78 is 0. The highest BCUT2D eigenvalue weighted by atomic mass is 16.2. The molecule has 128 valence electrons. The first-order chi connectivity index (χ1) is 12.7. The second-order valence-corrected chi connectivity index (χ2v) is 6.27. The van der Waals surface area contributed by atoms with Crippen molar-refractivity contribution >= 4 is 17.6 Å². The molecule has 4 heteroatoms. The second kappa shape index (κ2) is 6.84. The molecule has 26 heavy (non-hydrogen) atoms. The number of carbonyl (C=O) groups is 2. The number of rotatable bonds is 4. The molecule has 0 spiro atoms. The van der Waals surface area contributed by atoms with E-state index in [1.807, 2.05) is 60.7 Å². The normalized spacial score (nSPS) is 14.2. The Hall–Kier alpha value is -3.40. The van der Waals surface area contributed by atoms with Crippen LogP contribution < -0.4 is 4.90 Å². The molecule has 0 saturated carbocycles. The number of urea groups is 1. The van der Waals surface area contributed by atoms with Gasteiger partial charge in [0.15, 0.2) is 0 Å². The van der Waals surface area contributed by atoms with Crippen LogP contribution in [0.5, 0.6) is 0 Å². The van der Waals surface area contributed by atoms with Crippen LogP contribution in [0.2, 0.25) is 0 Å². The smallest absolute Gasteiger partial charge is 0.310 e. The Balaban J connectivity index is 1.49. The first-order valence-electron chi connectivity index (χ1n) is 8.53. The molecule has 3 aromatic rings. The highest BCUT2D eigenvalue weighted by Gasteiger charge is 2.36. The molecule has 0 atom stereocenters. The van der Waals surface area contributed by atoms with E-state index in [4.69, 9.17) is 0 Å². The lowest BCUT2D eigenvalue weighted by Crippen LogP contribution is -2.32. The quantitative estimate of drug-likeness (QED) is 0.663. The largest absolute Gasteiger partial charge is 0.332 e. The van der Waals surface area contributed by atoms with E-state index in [0.29, 0.717) is 12.2 Å². The molecule has 0 N–H and O–H groups in total. The summed E-state index contributed by atoms with van der Waals surface area (Å²) in [5.74, 6) is -0.192. The summed E-state index contributed by atoms with van der Waals surface area (Å²) in [6, 6.07) is 27.0. The van der Waals surface area contributed by atoms with Crippen LogP contribution in [0.15, 0.2) is 84.9 Å². The predicted octanol–water partition coefficient (Wildman–Crippen LogP) is 4.32. The Kier molecular flexibility index (Phi) is 4.23. The lowest BCUT2D eigenvalue weighted by Gasteiger charge is -2.17. The lowest BCUT2D eigenvalue weighted by molar-refractivity contribution is -0.116. The van der Waals surface area contributed by atoms with Gasteiger partial charge in [0.25, 0.3) is 5.91 Å². The maximum absolute atomic E-state index is 12.6. The molecule has 0 bridgehead atoms. The minimum atomic E-state index is -0.270. The second-order valence-electron chi connectivity index (χ2n) is 6.27. The van der Waals surface area contributed by atoms with Crippen LogP contribution in [0.3, 0.4) is 0 Å². The maximum Gasteiger partial charge on any atom is 0.332 e. The van der Waals surface area contributed by atoms with Crippen molar-refractivity contribution in [1.29, 1.82) is 0 Å². The molecule has 4 nitrogen and oxygen atoms in total. The summed E-state index contributed by atoms with van der Waals surface area (Å²) in [6.45, 7) is 0.525. The highest BCUT2D eigenvalue weighted by molar-refractivity contribution is 6.19. The Morgan fingerprint density at radius 1 is 0.692 bits per heavy atom. The van der Waals surface area contributed by atoms with Crippen LogP contribution >= 0.6 is 0 Å². The Morgan fingerprint density at radius 3 is 1.92 bits per heavy atom. The molecule has 1 fully saturated rings. The van der Waals surface area contributed by atoms with Crippen molar-refractivity contribution in [3.63, 3.8) is 0 Å². The van der Waals surface area contributed by atoms with E-state index in [-0.39, 0.29) is 18.5 Å². The number of hydrogen-bond donors (Lipinski definition) is 0. The topological polar surface area (TPSA) is 40.6 Å². The van der Waals surface area contributed by atoms with Crippen LogP contribution in [0.1, 0.15) is 5.56 Å². The van der Waals surface area contributed by atoms with Gasteiger partial charge in [-0.3, -0.25) is 4.79 Å². The zero-order chi connectivity index (χ0) is 17.9.